The lowest BCUT2D eigenvalue weighted by atomic mass is 9.88. The number of nitrogens with zero attached hydrogens (tertiary/aromatic N) is 1. The van der Waals surface area contributed by atoms with E-state index in [0.29, 0.717) is 21.3 Å². The van der Waals surface area contributed by atoms with Crippen LogP contribution in [0.15, 0.2) is 66.7 Å². The largest absolute Gasteiger partial charge is 0.375 e. The smallest absolute Gasteiger partial charge is 0.264 e. The number of fused-ring (bicyclic) bond motifs is 1. The zero-order valence-electron chi connectivity index (χ0n) is 15.6. The van der Waals surface area contributed by atoms with Gasteiger partial charge < -0.3 is 10.0 Å². The third-order valence-electron chi connectivity index (χ3n) is 5.13. The molecule has 0 aliphatic carbocycles. The Bertz CT molecular complexity index is 1150. The SMILES string of the molecule is O=C(CC1(O)C(=O)N(Cc2ccccc2)c2ccc(Cl)cc21)c1ccc(Cl)cc1Cl. The molecular weight excluding hydrogens is 445 g/mol. The van der Waals surface area contributed by atoms with Crippen molar-refractivity contribution in [3.05, 3.63) is 98.5 Å². The minimum atomic E-state index is -2.05. The van der Waals surface area contributed by atoms with Crippen molar-refractivity contribution in [2.24, 2.45) is 0 Å². The number of Topliss-reactive ketones (excluding diaryl/α,β-unsaturated/α-hetero) is 1. The number of carbonyl (C=O) groups is 2. The van der Waals surface area contributed by atoms with Gasteiger partial charge in [0.25, 0.3) is 5.91 Å². The average Bonchev–Trinajstić information content (AvgIpc) is 2.90. The molecule has 0 spiro atoms. The first-order chi connectivity index (χ1) is 14.3. The van der Waals surface area contributed by atoms with Crippen LogP contribution in [0.4, 0.5) is 5.69 Å². The van der Waals surface area contributed by atoms with Crippen molar-refractivity contribution in [1.29, 1.82) is 0 Å². The number of halogens is 3. The second-order valence-corrected chi connectivity index (χ2v) is 8.40. The first-order valence-electron chi connectivity index (χ1n) is 9.16. The number of carbonyl (C=O) groups excluding carboxylic acids is 2. The zero-order chi connectivity index (χ0) is 21.5. The minimum Gasteiger partial charge on any atom is -0.375 e. The van der Waals surface area contributed by atoms with Crippen molar-refractivity contribution >= 4 is 52.2 Å². The molecule has 0 saturated carbocycles. The lowest BCUT2D eigenvalue weighted by Gasteiger charge is -2.23. The van der Waals surface area contributed by atoms with Gasteiger partial charge in [-0.2, -0.15) is 0 Å². The van der Waals surface area contributed by atoms with Gasteiger partial charge in [-0.25, -0.2) is 0 Å². The van der Waals surface area contributed by atoms with Gasteiger partial charge >= 0.3 is 0 Å². The molecule has 1 atom stereocenters. The topological polar surface area (TPSA) is 57.6 Å². The summed E-state index contributed by atoms with van der Waals surface area (Å²) in [5.74, 6) is -1.05. The summed E-state index contributed by atoms with van der Waals surface area (Å²) in [5, 5.41) is 12.3. The lowest BCUT2D eigenvalue weighted by molar-refractivity contribution is -0.136. The van der Waals surface area contributed by atoms with Gasteiger partial charge in [0.1, 0.15) is 0 Å². The van der Waals surface area contributed by atoms with Crippen LogP contribution in [-0.2, 0) is 16.9 Å². The Morgan fingerprint density at radius 3 is 2.30 bits per heavy atom. The maximum Gasteiger partial charge on any atom is 0.264 e. The predicted octanol–water partition coefficient (Wildman–Crippen LogP) is 5.65. The van der Waals surface area contributed by atoms with Crippen LogP contribution in [0.25, 0.3) is 0 Å². The Morgan fingerprint density at radius 1 is 0.933 bits per heavy atom. The summed E-state index contributed by atoms with van der Waals surface area (Å²) in [6.45, 7) is 0.256. The van der Waals surface area contributed by atoms with E-state index in [-0.39, 0.29) is 17.1 Å². The molecule has 152 valence electrons. The molecule has 1 unspecified atom stereocenters. The fourth-order valence-corrected chi connectivity index (χ4v) is 4.35. The normalized spacial score (nSPS) is 17.9. The third-order valence-corrected chi connectivity index (χ3v) is 5.91. The number of hydrogen-bond donors (Lipinski definition) is 1. The first-order valence-corrected chi connectivity index (χ1v) is 10.3. The highest BCUT2D eigenvalue weighted by atomic mass is 35.5. The van der Waals surface area contributed by atoms with Gasteiger partial charge in [-0.05, 0) is 42.0 Å². The number of aliphatic hydroxyl groups is 1. The lowest BCUT2D eigenvalue weighted by Crippen LogP contribution is -2.41. The second kappa shape index (κ2) is 8.05. The minimum absolute atomic E-state index is 0.161. The molecule has 30 heavy (non-hydrogen) atoms. The highest BCUT2D eigenvalue weighted by molar-refractivity contribution is 6.37. The van der Waals surface area contributed by atoms with E-state index in [4.69, 9.17) is 34.8 Å². The number of amides is 1. The summed E-state index contributed by atoms with van der Waals surface area (Å²) >= 11 is 18.2. The quantitative estimate of drug-likeness (QED) is 0.500. The summed E-state index contributed by atoms with van der Waals surface area (Å²) in [6, 6.07) is 18.7. The fourth-order valence-electron chi connectivity index (χ4n) is 3.66. The van der Waals surface area contributed by atoms with Gasteiger partial charge in [0.15, 0.2) is 11.4 Å². The van der Waals surface area contributed by atoms with Gasteiger partial charge in [0, 0.05) is 21.2 Å². The highest BCUT2D eigenvalue weighted by Crippen LogP contribution is 2.45. The third kappa shape index (κ3) is 3.72. The monoisotopic (exact) mass is 459 g/mol. The van der Waals surface area contributed by atoms with Gasteiger partial charge in [-0.15, -0.1) is 0 Å². The average molecular weight is 461 g/mol. The Morgan fingerprint density at radius 2 is 1.60 bits per heavy atom. The maximum absolute atomic E-state index is 13.3. The summed E-state index contributed by atoms with van der Waals surface area (Å²) in [6.07, 6.45) is -0.466. The predicted molar refractivity (Wildman–Crippen MR) is 118 cm³/mol. The van der Waals surface area contributed by atoms with Crippen LogP contribution < -0.4 is 4.90 Å². The molecule has 7 heteroatoms. The van der Waals surface area contributed by atoms with Crippen LogP contribution in [0.5, 0.6) is 0 Å². The van der Waals surface area contributed by atoms with Gasteiger partial charge in [0.2, 0.25) is 0 Å². The van der Waals surface area contributed by atoms with Gasteiger partial charge in [-0.1, -0.05) is 65.1 Å². The standard InChI is InChI=1S/C23H16Cl3NO3/c24-15-7-9-20-18(10-15)23(30,12-21(28)17-8-6-16(25)11-19(17)26)22(29)27(20)13-14-4-2-1-3-5-14/h1-11,30H,12-13H2. The van der Waals surface area contributed by atoms with E-state index in [2.05, 4.69) is 0 Å². The van der Waals surface area contributed by atoms with Crippen molar-refractivity contribution < 1.29 is 14.7 Å². The first kappa shape index (κ1) is 20.9. The molecule has 1 aliphatic rings. The number of benzene rings is 3. The van der Waals surface area contributed by atoms with Crippen molar-refractivity contribution in [2.45, 2.75) is 18.6 Å². The van der Waals surface area contributed by atoms with Gasteiger partial charge in [-0.3, -0.25) is 9.59 Å². The molecule has 0 radical (unpaired) electrons. The van der Waals surface area contributed by atoms with Crippen LogP contribution in [0, 0.1) is 0 Å². The molecule has 3 aromatic carbocycles. The molecule has 1 aliphatic heterocycles. The molecule has 1 heterocycles. The summed E-state index contributed by atoms with van der Waals surface area (Å²) in [5.41, 5.74) is -0.148. The molecule has 0 fully saturated rings. The van der Waals surface area contributed by atoms with Crippen LogP contribution in [0.3, 0.4) is 0 Å². The van der Waals surface area contributed by atoms with Crippen LogP contribution in [0.1, 0.15) is 27.9 Å². The number of ketones is 1. The zero-order valence-corrected chi connectivity index (χ0v) is 17.9. The molecule has 0 aromatic heterocycles. The van der Waals surface area contributed by atoms with Gasteiger partial charge in [0.05, 0.1) is 23.7 Å². The molecule has 4 rings (SSSR count). The highest BCUT2D eigenvalue weighted by Gasteiger charge is 2.51. The van der Waals surface area contributed by atoms with E-state index in [1.165, 1.54) is 29.2 Å². The number of anilines is 1. The van der Waals surface area contributed by atoms with E-state index >= 15 is 0 Å². The fraction of sp³-hybridized carbons (Fsp3) is 0.130. The molecule has 3 aromatic rings. The van der Waals surface area contributed by atoms with Crippen molar-refractivity contribution in [3.8, 4) is 0 Å². The molecule has 4 nitrogen and oxygen atoms in total. The molecule has 0 saturated heterocycles. The Balaban J connectivity index is 1.72. The summed E-state index contributed by atoms with van der Waals surface area (Å²) in [4.78, 5) is 27.8. The maximum atomic E-state index is 13.3. The van der Waals surface area contributed by atoms with Crippen LogP contribution in [-0.4, -0.2) is 16.8 Å². The Kier molecular flexibility index (Phi) is 5.60. The Labute approximate surface area is 188 Å². The number of hydrogen-bond acceptors (Lipinski definition) is 3. The van der Waals surface area contributed by atoms with E-state index in [0.717, 1.165) is 5.56 Å². The van der Waals surface area contributed by atoms with E-state index < -0.39 is 23.7 Å². The van der Waals surface area contributed by atoms with Crippen molar-refractivity contribution in [2.75, 3.05) is 4.90 Å². The Hall–Kier alpha value is -2.37. The molecule has 0 bridgehead atoms. The second-order valence-electron chi connectivity index (χ2n) is 7.12. The van der Waals surface area contributed by atoms with E-state index in [9.17, 15) is 14.7 Å². The molecule has 1 N–H and O–H groups in total. The van der Waals surface area contributed by atoms with E-state index in [1.54, 1.807) is 12.1 Å². The summed E-state index contributed by atoms with van der Waals surface area (Å²) in [7, 11) is 0. The molecule has 1 amide bonds. The molecular formula is C23H16Cl3NO3. The van der Waals surface area contributed by atoms with Crippen LogP contribution in [0.2, 0.25) is 15.1 Å². The van der Waals surface area contributed by atoms with Crippen LogP contribution >= 0.6 is 34.8 Å². The van der Waals surface area contributed by atoms with Crippen molar-refractivity contribution in [3.63, 3.8) is 0 Å². The van der Waals surface area contributed by atoms with Crippen molar-refractivity contribution in [1.82, 2.24) is 0 Å². The van der Waals surface area contributed by atoms with E-state index in [1.807, 2.05) is 30.3 Å². The number of rotatable bonds is 5. The summed E-state index contributed by atoms with van der Waals surface area (Å²) < 4.78 is 0.